The van der Waals surface area contributed by atoms with Gasteiger partial charge in [0.25, 0.3) is 0 Å². The van der Waals surface area contributed by atoms with Crippen LogP contribution in [0.15, 0.2) is 15.9 Å². The first-order chi connectivity index (χ1) is 8.11. The van der Waals surface area contributed by atoms with E-state index in [2.05, 4.69) is 46.8 Å². The third kappa shape index (κ3) is 3.11. The molecule has 2 heterocycles. The van der Waals surface area contributed by atoms with Crippen molar-refractivity contribution in [3.8, 4) is 0 Å². The Morgan fingerprint density at radius 1 is 1.59 bits per heavy atom. The van der Waals surface area contributed by atoms with Crippen LogP contribution in [0.3, 0.4) is 0 Å². The maximum absolute atomic E-state index is 6.33. The van der Waals surface area contributed by atoms with Crippen molar-refractivity contribution >= 4 is 27.3 Å². The molecule has 1 aliphatic rings. The monoisotopic (exact) mass is 316 g/mol. The number of nitrogens with two attached hydrogens (primary N) is 1. The molecule has 0 radical (unpaired) electrons. The fraction of sp³-hybridized carbons (Fsp3) is 0.692. The summed E-state index contributed by atoms with van der Waals surface area (Å²) in [5.74, 6) is 0.810. The number of hydrogen-bond donors (Lipinski definition) is 1. The van der Waals surface area contributed by atoms with Gasteiger partial charge in [-0.05, 0) is 53.4 Å². The van der Waals surface area contributed by atoms with E-state index in [1.54, 1.807) is 0 Å². The van der Waals surface area contributed by atoms with Gasteiger partial charge in [-0.1, -0.05) is 13.8 Å². The summed E-state index contributed by atoms with van der Waals surface area (Å²) in [6, 6.07) is 5.00. The standard InChI is InChI=1S/C13H21BrN2S/c1-3-10(15)13(11-4-5-12(14)17-11)16-7-6-9(2)8-16/h4-5,9-10,13H,3,6-8,15H2,1-2H3. The van der Waals surface area contributed by atoms with Gasteiger partial charge in [-0.25, -0.2) is 0 Å². The number of hydrogen-bond acceptors (Lipinski definition) is 3. The molecule has 1 fully saturated rings. The molecule has 2 N–H and O–H groups in total. The van der Waals surface area contributed by atoms with E-state index in [4.69, 9.17) is 5.73 Å². The molecule has 0 aliphatic carbocycles. The lowest BCUT2D eigenvalue weighted by atomic mass is 10.0. The van der Waals surface area contributed by atoms with Crippen molar-refractivity contribution in [1.82, 2.24) is 4.90 Å². The fourth-order valence-corrected chi connectivity index (χ4v) is 4.23. The summed E-state index contributed by atoms with van der Waals surface area (Å²) in [4.78, 5) is 3.97. The van der Waals surface area contributed by atoms with Gasteiger partial charge in [-0.15, -0.1) is 11.3 Å². The first kappa shape index (κ1) is 13.5. The topological polar surface area (TPSA) is 29.3 Å². The Balaban J connectivity index is 2.19. The third-order valence-corrected chi connectivity index (χ3v) is 5.31. The zero-order valence-electron chi connectivity index (χ0n) is 10.5. The molecule has 1 aliphatic heterocycles. The second kappa shape index (κ2) is 5.83. The van der Waals surface area contributed by atoms with Crippen LogP contribution in [-0.2, 0) is 0 Å². The summed E-state index contributed by atoms with van der Waals surface area (Å²) < 4.78 is 1.20. The van der Waals surface area contributed by atoms with Gasteiger partial charge >= 0.3 is 0 Å². The van der Waals surface area contributed by atoms with Gasteiger partial charge in [0.2, 0.25) is 0 Å². The number of thiophene rings is 1. The summed E-state index contributed by atoms with van der Waals surface area (Å²) in [5.41, 5.74) is 6.33. The van der Waals surface area contributed by atoms with Crippen molar-refractivity contribution in [1.29, 1.82) is 0 Å². The molecule has 1 aromatic rings. The Morgan fingerprint density at radius 2 is 2.35 bits per heavy atom. The zero-order valence-corrected chi connectivity index (χ0v) is 12.9. The Labute approximate surface area is 116 Å². The molecule has 0 amide bonds. The molecule has 0 spiro atoms. The SMILES string of the molecule is CCC(N)C(c1ccc(Br)s1)N1CCC(C)C1. The normalized spacial score (nSPS) is 25.1. The highest BCUT2D eigenvalue weighted by Gasteiger charge is 2.31. The van der Waals surface area contributed by atoms with Crippen LogP contribution in [0, 0.1) is 5.92 Å². The van der Waals surface area contributed by atoms with Crippen molar-refractivity contribution in [3.63, 3.8) is 0 Å². The predicted octanol–water partition coefficient (Wildman–Crippen LogP) is 3.63. The molecule has 17 heavy (non-hydrogen) atoms. The lowest BCUT2D eigenvalue weighted by Gasteiger charge is -2.31. The minimum absolute atomic E-state index is 0.242. The van der Waals surface area contributed by atoms with Crippen LogP contribution in [0.2, 0.25) is 0 Å². The van der Waals surface area contributed by atoms with Gasteiger partial charge in [0.15, 0.2) is 0 Å². The summed E-state index contributed by atoms with van der Waals surface area (Å²) >= 11 is 5.37. The summed E-state index contributed by atoms with van der Waals surface area (Å²) in [5, 5.41) is 0. The maximum Gasteiger partial charge on any atom is 0.0702 e. The fourth-order valence-electron chi connectivity index (χ4n) is 2.59. The van der Waals surface area contributed by atoms with Crippen LogP contribution in [0.4, 0.5) is 0 Å². The smallest absolute Gasteiger partial charge is 0.0702 e. The summed E-state index contributed by atoms with van der Waals surface area (Å²) in [7, 11) is 0. The first-order valence-corrected chi connectivity index (χ1v) is 7.97. The quantitative estimate of drug-likeness (QED) is 0.919. The summed E-state index contributed by atoms with van der Waals surface area (Å²) in [6.07, 6.45) is 2.34. The Bertz CT molecular complexity index is 366. The lowest BCUT2D eigenvalue weighted by molar-refractivity contribution is 0.207. The molecule has 96 valence electrons. The lowest BCUT2D eigenvalue weighted by Crippen LogP contribution is -2.39. The van der Waals surface area contributed by atoms with E-state index < -0.39 is 0 Å². The molecule has 1 aromatic heterocycles. The average molecular weight is 317 g/mol. The predicted molar refractivity (Wildman–Crippen MR) is 78.4 cm³/mol. The molecular weight excluding hydrogens is 296 g/mol. The van der Waals surface area contributed by atoms with Gasteiger partial charge in [0.1, 0.15) is 0 Å². The Kier molecular flexibility index (Phi) is 4.64. The molecule has 3 atom stereocenters. The van der Waals surface area contributed by atoms with E-state index in [0.717, 1.165) is 12.3 Å². The van der Waals surface area contributed by atoms with Crippen molar-refractivity contribution in [3.05, 3.63) is 20.8 Å². The second-order valence-corrected chi connectivity index (χ2v) is 7.54. The van der Waals surface area contributed by atoms with Crippen molar-refractivity contribution in [2.75, 3.05) is 13.1 Å². The van der Waals surface area contributed by atoms with E-state index in [0.29, 0.717) is 6.04 Å². The minimum atomic E-state index is 0.242. The van der Waals surface area contributed by atoms with Crippen molar-refractivity contribution in [2.45, 2.75) is 38.8 Å². The van der Waals surface area contributed by atoms with E-state index in [9.17, 15) is 0 Å². The minimum Gasteiger partial charge on any atom is -0.326 e. The average Bonchev–Trinajstić information content (AvgIpc) is 2.89. The number of nitrogens with zero attached hydrogens (tertiary/aromatic N) is 1. The molecule has 0 bridgehead atoms. The molecule has 2 nitrogen and oxygen atoms in total. The van der Waals surface area contributed by atoms with Gasteiger partial charge in [0.05, 0.1) is 9.83 Å². The van der Waals surface area contributed by atoms with Gasteiger partial charge in [-0.2, -0.15) is 0 Å². The second-order valence-electron chi connectivity index (χ2n) is 5.05. The molecule has 4 heteroatoms. The molecule has 3 unspecified atom stereocenters. The zero-order chi connectivity index (χ0) is 12.4. The molecule has 0 saturated carbocycles. The van der Waals surface area contributed by atoms with Gasteiger partial charge in [-0.3, -0.25) is 4.90 Å². The highest BCUT2D eigenvalue weighted by Crippen LogP contribution is 2.35. The number of rotatable bonds is 4. The molecule has 1 saturated heterocycles. The van der Waals surface area contributed by atoms with Crippen LogP contribution < -0.4 is 5.73 Å². The van der Waals surface area contributed by atoms with Crippen LogP contribution >= 0.6 is 27.3 Å². The van der Waals surface area contributed by atoms with E-state index in [1.165, 1.54) is 28.2 Å². The Hall–Kier alpha value is 0.1000. The van der Waals surface area contributed by atoms with E-state index in [1.807, 2.05) is 11.3 Å². The van der Waals surface area contributed by atoms with Crippen LogP contribution in [-0.4, -0.2) is 24.0 Å². The molecular formula is C13H21BrN2S. The van der Waals surface area contributed by atoms with Crippen LogP contribution in [0.25, 0.3) is 0 Å². The highest BCUT2D eigenvalue weighted by atomic mass is 79.9. The van der Waals surface area contributed by atoms with Gasteiger partial charge < -0.3 is 5.73 Å². The van der Waals surface area contributed by atoms with Crippen LogP contribution in [0.1, 0.15) is 37.6 Å². The summed E-state index contributed by atoms with van der Waals surface area (Å²) in [6.45, 7) is 6.89. The first-order valence-electron chi connectivity index (χ1n) is 6.36. The van der Waals surface area contributed by atoms with Gasteiger partial charge in [0, 0.05) is 17.5 Å². The van der Waals surface area contributed by atoms with Crippen LogP contribution in [0.5, 0.6) is 0 Å². The number of likely N-dealkylation sites (tertiary alicyclic amines) is 1. The maximum atomic E-state index is 6.33. The van der Waals surface area contributed by atoms with Crippen molar-refractivity contribution < 1.29 is 0 Å². The largest absolute Gasteiger partial charge is 0.326 e. The van der Waals surface area contributed by atoms with E-state index >= 15 is 0 Å². The number of halogens is 1. The molecule has 0 aromatic carbocycles. The Morgan fingerprint density at radius 3 is 2.82 bits per heavy atom. The molecule has 2 rings (SSSR count). The van der Waals surface area contributed by atoms with Crippen molar-refractivity contribution in [2.24, 2.45) is 11.7 Å². The van der Waals surface area contributed by atoms with E-state index in [-0.39, 0.29) is 6.04 Å². The highest BCUT2D eigenvalue weighted by molar-refractivity contribution is 9.11. The third-order valence-electron chi connectivity index (χ3n) is 3.61.